The van der Waals surface area contributed by atoms with E-state index in [0.29, 0.717) is 16.9 Å². The van der Waals surface area contributed by atoms with Crippen molar-refractivity contribution in [2.75, 3.05) is 11.5 Å². The largest absolute Gasteiger partial charge is 0.421 e. The van der Waals surface area contributed by atoms with Crippen LogP contribution >= 0.6 is 0 Å². The molecule has 0 saturated heterocycles. The highest BCUT2D eigenvalue weighted by atomic mass is 16.5. The van der Waals surface area contributed by atoms with Crippen LogP contribution < -0.4 is 16.2 Å². The van der Waals surface area contributed by atoms with Gasteiger partial charge in [-0.2, -0.15) is 10.5 Å². The van der Waals surface area contributed by atoms with Gasteiger partial charge in [-0.3, -0.25) is 0 Å². The molecule has 172 valence electrons. The molecule has 33 heavy (non-hydrogen) atoms. The molecule has 3 rings (SSSR count). The lowest BCUT2D eigenvalue weighted by atomic mass is 9.75. The number of hydrogen-bond acceptors (Lipinski definition) is 6. The molecular weight excluding hydrogens is 412 g/mol. The number of nitrogens with two attached hydrogens (primary N) is 2. The Morgan fingerprint density at radius 1 is 0.970 bits per heavy atom. The summed E-state index contributed by atoms with van der Waals surface area (Å²) >= 11 is 0. The van der Waals surface area contributed by atoms with Gasteiger partial charge in [0.15, 0.2) is 0 Å². The van der Waals surface area contributed by atoms with Crippen LogP contribution in [0.3, 0.4) is 0 Å². The molecule has 4 N–H and O–H groups in total. The number of carbonyl (C=O) groups is 1. The molecule has 0 bridgehead atoms. The molecule has 0 atom stereocenters. The first kappa shape index (κ1) is 24.1. The minimum atomic E-state index is -0.675. The van der Waals surface area contributed by atoms with Crippen molar-refractivity contribution in [2.24, 2.45) is 5.92 Å². The third-order valence-corrected chi connectivity index (χ3v) is 6.59. The standard InChI is InChI=1S/C27H32N4O2/c1-2-3-4-5-6-18-7-9-19(10-8-18)23-11-12-26(25(17-29)24(23)16-28)33-27(32)20-13-21(30)15-22(31)14-20/h11-15,18-19H,2-10,30-31H2,1H3. The van der Waals surface area contributed by atoms with Crippen LogP contribution in [0, 0.1) is 28.6 Å². The molecule has 6 nitrogen and oxygen atoms in total. The van der Waals surface area contributed by atoms with Gasteiger partial charge in [-0.15, -0.1) is 0 Å². The van der Waals surface area contributed by atoms with Crippen LogP contribution in [-0.4, -0.2) is 5.97 Å². The second-order valence-electron chi connectivity index (χ2n) is 8.97. The van der Waals surface area contributed by atoms with Crippen molar-refractivity contribution in [1.29, 1.82) is 10.5 Å². The SMILES string of the molecule is CCCCCCC1CCC(c2ccc(OC(=O)c3cc(N)cc(N)c3)c(C#N)c2C#N)CC1. The molecule has 0 radical (unpaired) electrons. The Morgan fingerprint density at radius 3 is 2.24 bits per heavy atom. The molecule has 0 amide bonds. The third-order valence-electron chi connectivity index (χ3n) is 6.59. The highest BCUT2D eigenvalue weighted by Crippen LogP contribution is 2.40. The average molecular weight is 445 g/mol. The zero-order valence-corrected chi connectivity index (χ0v) is 19.3. The number of hydrogen-bond donors (Lipinski definition) is 2. The fourth-order valence-corrected chi connectivity index (χ4v) is 4.83. The topological polar surface area (TPSA) is 126 Å². The van der Waals surface area contributed by atoms with Crippen molar-refractivity contribution in [3.63, 3.8) is 0 Å². The Bertz CT molecular complexity index is 1050. The molecule has 0 heterocycles. The summed E-state index contributed by atoms with van der Waals surface area (Å²) < 4.78 is 5.47. The summed E-state index contributed by atoms with van der Waals surface area (Å²) in [5.41, 5.74) is 13.7. The van der Waals surface area contributed by atoms with Gasteiger partial charge in [-0.25, -0.2) is 4.79 Å². The van der Waals surface area contributed by atoms with Gasteiger partial charge in [-0.1, -0.05) is 45.1 Å². The molecule has 0 unspecified atom stereocenters. The fourth-order valence-electron chi connectivity index (χ4n) is 4.83. The van der Waals surface area contributed by atoms with E-state index in [1.807, 2.05) is 6.07 Å². The lowest BCUT2D eigenvalue weighted by Crippen LogP contribution is -2.15. The monoisotopic (exact) mass is 444 g/mol. The molecule has 0 aliphatic heterocycles. The number of nitriles is 2. The molecule has 0 spiro atoms. The van der Waals surface area contributed by atoms with E-state index < -0.39 is 5.97 Å². The van der Waals surface area contributed by atoms with E-state index in [1.54, 1.807) is 12.1 Å². The summed E-state index contributed by atoms with van der Waals surface area (Å²) in [7, 11) is 0. The normalized spacial score (nSPS) is 17.7. The Balaban J connectivity index is 1.74. The van der Waals surface area contributed by atoms with Crippen molar-refractivity contribution >= 4 is 17.3 Å². The number of nitrogen functional groups attached to an aromatic ring is 2. The Hall–Kier alpha value is -3.51. The highest BCUT2D eigenvalue weighted by molar-refractivity contribution is 5.93. The van der Waals surface area contributed by atoms with Crippen molar-refractivity contribution in [1.82, 2.24) is 0 Å². The fraction of sp³-hybridized carbons (Fsp3) is 0.444. The molecule has 1 aliphatic carbocycles. The van der Waals surface area contributed by atoms with E-state index in [9.17, 15) is 15.3 Å². The van der Waals surface area contributed by atoms with Gasteiger partial charge in [0.25, 0.3) is 0 Å². The summed E-state index contributed by atoms with van der Waals surface area (Å²) in [6, 6.07) is 12.2. The average Bonchev–Trinajstić information content (AvgIpc) is 2.81. The number of esters is 1. The quantitative estimate of drug-likeness (QED) is 0.221. The number of rotatable bonds is 8. The molecule has 1 aliphatic rings. The van der Waals surface area contributed by atoms with Crippen LogP contribution in [0.1, 0.15) is 97.7 Å². The van der Waals surface area contributed by atoms with Crippen LogP contribution in [0.15, 0.2) is 30.3 Å². The lowest BCUT2D eigenvalue weighted by molar-refractivity contribution is 0.0734. The van der Waals surface area contributed by atoms with Crippen LogP contribution in [0.4, 0.5) is 11.4 Å². The number of unbranched alkanes of at least 4 members (excludes halogenated alkanes) is 3. The van der Waals surface area contributed by atoms with E-state index in [0.717, 1.165) is 37.2 Å². The summed E-state index contributed by atoms with van der Waals surface area (Å²) in [6.07, 6.45) is 10.8. The van der Waals surface area contributed by atoms with Crippen molar-refractivity contribution < 1.29 is 9.53 Å². The lowest BCUT2D eigenvalue weighted by Gasteiger charge is -2.29. The van der Waals surface area contributed by atoms with Crippen LogP contribution in [0.2, 0.25) is 0 Å². The van der Waals surface area contributed by atoms with E-state index in [4.69, 9.17) is 16.2 Å². The van der Waals surface area contributed by atoms with Gasteiger partial charge in [0, 0.05) is 11.4 Å². The minimum absolute atomic E-state index is 0.0772. The molecule has 0 aromatic heterocycles. The Kier molecular flexibility index (Phi) is 8.33. The molecule has 1 fully saturated rings. The third kappa shape index (κ3) is 6.05. The van der Waals surface area contributed by atoms with E-state index >= 15 is 0 Å². The predicted molar refractivity (Wildman–Crippen MR) is 130 cm³/mol. The van der Waals surface area contributed by atoms with Gasteiger partial charge in [0.2, 0.25) is 0 Å². The maximum Gasteiger partial charge on any atom is 0.343 e. The van der Waals surface area contributed by atoms with Crippen molar-refractivity contribution in [3.05, 3.63) is 52.6 Å². The molecule has 2 aromatic rings. The van der Waals surface area contributed by atoms with E-state index in [-0.39, 0.29) is 22.8 Å². The maximum absolute atomic E-state index is 12.6. The second kappa shape index (κ2) is 11.4. The van der Waals surface area contributed by atoms with Gasteiger partial charge >= 0.3 is 5.97 Å². The van der Waals surface area contributed by atoms with Crippen molar-refractivity contribution in [2.45, 2.75) is 70.6 Å². The number of ether oxygens (including phenoxy) is 1. The van der Waals surface area contributed by atoms with Crippen LogP contribution in [0.25, 0.3) is 0 Å². The number of benzene rings is 2. The summed E-state index contributed by atoms with van der Waals surface area (Å²) in [6.45, 7) is 2.23. The maximum atomic E-state index is 12.6. The second-order valence-corrected chi connectivity index (χ2v) is 8.97. The van der Waals surface area contributed by atoms with Gasteiger partial charge in [-0.05, 0) is 67.3 Å². The van der Waals surface area contributed by atoms with Gasteiger partial charge in [0.05, 0.1) is 11.1 Å². The zero-order chi connectivity index (χ0) is 23.8. The first-order valence-electron chi connectivity index (χ1n) is 11.8. The Labute approximate surface area is 196 Å². The number of anilines is 2. The van der Waals surface area contributed by atoms with E-state index in [2.05, 4.69) is 19.1 Å². The highest BCUT2D eigenvalue weighted by Gasteiger charge is 2.27. The zero-order valence-electron chi connectivity index (χ0n) is 19.3. The van der Waals surface area contributed by atoms with Gasteiger partial charge in [0.1, 0.15) is 23.5 Å². The predicted octanol–water partition coefficient (Wildman–Crippen LogP) is 6.06. The molecule has 1 saturated carbocycles. The van der Waals surface area contributed by atoms with E-state index in [1.165, 1.54) is 44.2 Å². The smallest absolute Gasteiger partial charge is 0.343 e. The van der Waals surface area contributed by atoms with Crippen LogP contribution in [0.5, 0.6) is 5.75 Å². The summed E-state index contributed by atoms with van der Waals surface area (Å²) in [4.78, 5) is 12.6. The number of carbonyl (C=O) groups excluding carboxylic acids is 1. The van der Waals surface area contributed by atoms with Gasteiger partial charge < -0.3 is 16.2 Å². The molecule has 2 aromatic carbocycles. The molecular formula is C27H32N4O2. The Morgan fingerprint density at radius 2 is 1.64 bits per heavy atom. The first-order valence-corrected chi connectivity index (χ1v) is 11.8. The minimum Gasteiger partial charge on any atom is -0.421 e. The number of nitrogens with zero attached hydrogens (tertiary/aromatic N) is 2. The first-order chi connectivity index (χ1) is 16.0. The molecule has 6 heteroatoms. The van der Waals surface area contributed by atoms with Crippen molar-refractivity contribution in [3.8, 4) is 17.9 Å². The van der Waals surface area contributed by atoms with Crippen LogP contribution in [-0.2, 0) is 0 Å². The summed E-state index contributed by atoms with van der Waals surface area (Å²) in [5, 5.41) is 19.6. The summed E-state index contributed by atoms with van der Waals surface area (Å²) in [5.74, 6) is 0.404.